The Kier molecular flexibility index (Phi) is 3.98. The summed E-state index contributed by atoms with van der Waals surface area (Å²) in [5.74, 6) is 0.944. The van der Waals surface area contributed by atoms with Gasteiger partial charge in [0, 0.05) is 17.5 Å². The molecule has 2 rings (SSSR count). The highest BCUT2D eigenvalue weighted by molar-refractivity contribution is 7.11. The van der Waals surface area contributed by atoms with Crippen LogP contribution in [0.15, 0.2) is 0 Å². The SMILES string of the molecule is CCCC(NCc1nc(C)sc1C)C1CC1. The Morgan fingerprint density at radius 2 is 2.19 bits per heavy atom. The highest BCUT2D eigenvalue weighted by atomic mass is 32.1. The van der Waals surface area contributed by atoms with Gasteiger partial charge in [-0.1, -0.05) is 13.3 Å². The fraction of sp³-hybridized carbons (Fsp3) is 0.769. The van der Waals surface area contributed by atoms with Gasteiger partial charge in [0.2, 0.25) is 0 Å². The number of nitrogens with zero attached hydrogens (tertiary/aromatic N) is 1. The molecule has 0 saturated heterocycles. The molecule has 2 nitrogen and oxygen atoms in total. The van der Waals surface area contributed by atoms with E-state index in [2.05, 4.69) is 31.1 Å². The molecule has 1 unspecified atom stereocenters. The van der Waals surface area contributed by atoms with Crippen LogP contribution in [0.2, 0.25) is 0 Å². The Bertz CT molecular complexity index is 342. The molecule has 1 heterocycles. The van der Waals surface area contributed by atoms with Crippen molar-refractivity contribution >= 4 is 11.3 Å². The maximum absolute atomic E-state index is 4.58. The largest absolute Gasteiger partial charge is 0.308 e. The maximum atomic E-state index is 4.58. The first-order chi connectivity index (χ1) is 7.70. The normalized spacial score (nSPS) is 17.7. The van der Waals surface area contributed by atoms with Crippen LogP contribution < -0.4 is 5.32 Å². The van der Waals surface area contributed by atoms with Crippen LogP contribution in [-0.2, 0) is 6.54 Å². The van der Waals surface area contributed by atoms with E-state index in [4.69, 9.17) is 0 Å². The van der Waals surface area contributed by atoms with E-state index in [1.54, 1.807) is 0 Å². The lowest BCUT2D eigenvalue weighted by molar-refractivity contribution is 0.427. The second kappa shape index (κ2) is 5.28. The Balaban J connectivity index is 1.87. The predicted molar refractivity (Wildman–Crippen MR) is 69.8 cm³/mol. The van der Waals surface area contributed by atoms with Crippen LogP contribution in [0.4, 0.5) is 0 Å². The van der Waals surface area contributed by atoms with Crippen molar-refractivity contribution in [2.24, 2.45) is 5.92 Å². The van der Waals surface area contributed by atoms with E-state index in [-0.39, 0.29) is 0 Å². The van der Waals surface area contributed by atoms with Crippen molar-refractivity contribution in [2.75, 3.05) is 0 Å². The van der Waals surface area contributed by atoms with Crippen molar-refractivity contribution in [3.63, 3.8) is 0 Å². The van der Waals surface area contributed by atoms with Gasteiger partial charge in [0.25, 0.3) is 0 Å². The minimum atomic E-state index is 0.728. The van der Waals surface area contributed by atoms with Crippen molar-refractivity contribution in [1.29, 1.82) is 0 Å². The molecule has 0 spiro atoms. The predicted octanol–water partition coefficient (Wildman–Crippen LogP) is 3.43. The first-order valence-corrected chi connectivity index (χ1v) is 7.18. The van der Waals surface area contributed by atoms with Gasteiger partial charge < -0.3 is 5.32 Å². The van der Waals surface area contributed by atoms with E-state index in [0.717, 1.165) is 18.5 Å². The van der Waals surface area contributed by atoms with Crippen LogP contribution in [0.3, 0.4) is 0 Å². The summed E-state index contributed by atoms with van der Waals surface area (Å²) in [6.45, 7) is 7.49. The van der Waals surface area contributed by atoms with Crippen molar-refractivity contribution in [3.8, 4) is 0 Å². The Morgan fingerprint density at radius 3 is 2.69 bits per heavy atom. The van der Waals surface area contributed by atoms with Crippen molar-refractivity contribution < 1.29 is 0 Å². The fourth-order valence-electron chi connectivity index (χ4n) is 2.28. The van der Waals surface area contributed by atoms with E-state index in [0.29, 0.717) is 0 Å². The number of hydrogen-bond acceptors (Lipinski definition) is 3. The van der Waals surface area contributed by atoms with Gasteiger partial charge in [-0.05, 0) is 39.0 Å². The molecule has 1 aliphatic rings. The van der Waals surface area contributed by atoms with Crippen LogP contribution in [0.5, 0.6) is 0 Å². The van der Waals surface area contributed by atoms with Gasteiger partial charge in [-0.3, -0.25) is 0 Å². The highest BCUT2D eigenvalue weighted by Gasteiger charge is 2.30. The molecule has 0 amide bonds. The summed E-state index contributed by atoms with van der Waals surface area (Å²) in [6.07, 6.45) is 5.44. The molecule has 16 heavy (non-hydrogen) atoms. The number of thiazole rings is 1. The Morgan fingerprint density at radius 1 is 1.44 bits per heavy atom. The molecule has 1 atom stereocenters. The number of rotatable bonds is 6. The average Bonchev–Trinajstić information content (AvgIpc) is 3.01. The van der Waals surface area contributed by atoms with Crippen LogP contribution in [0.1, 0.15) is 48.2 Å². The maximum Gasteiger partial charge on any atom is 0.0900 e. The number of aryl methyl sites for hydroxylation is 2. The standard InChI is InChI=1S/C13H22N2S/c1-4-5-12(11-6-7-11)14-8-13-9(2)16-10(3)15-13/h11-12,14H,4-8H2,1-3H3. The molecule has 0 aromatic carbocycles. The molecule has 1 aliphatic carbocycles. The quantitative estimate of drug-likeness (QED) is 0.821. The number of nitrogens with one attached hydrogen (secondary N) is 1. The van der Waals surface area contributed by atoms with Crippen LogP contribution in [0, 0.1) is 19.8 Å². The summed E-state index contributed by atoms with van der Waals surface area (Å²) < 4.78 is 0. The minimum Gasteiger partial charge on any atom is -0.308 e. The van der Waals surface area contributed by atoms with Gasteiger partial charge in [-0.15, -0.1) is 11.3 Å². The summed E-state index contributed by atoms with van der Waals surface area (Å²) in [5.41, 5.74) is 1.25. The van der Waals surface area contributed by atoms with E-state index in [1.807, 2.05) is 11.3 Å². The molecule has 0 bridgehead atoms. The molecule has 1 aromatic heterocycles. The summed E-state index contributed by atoms with van der Waals surface area (Å²) in [7, 11) is 0. The summed E-state index contributed by atoms with van der Waals surface area (Å²) in [5, 5.41) is 4.88. The minimum absolute atomic E-state index is 0.728. The first-order valence-electron chi connectivity index (χ1n) is 6.37. The molecule has 1 N–H and O–H groups in total. The highest BCUT2D eigenvalue weighted by Crippen LogP contribution is 2.34. The second-order valence-electron chi connectivity index (χ2n) is 4.85. The zero-order valence-electron chi connectivity index (χ0n) is 10.5. The fourth-order valence-corrected chi connectivity index (χ4v) is 3.11. The molecule has 90 valence electrons. The van der Waals surface area contributed by atoms with Crippen LogP contribution in [-0.4, -0.2) is 11.0 Å². The van der Waals surface area contributed by atoms with E-state index in [1.165, 1.54) is 41.3 Å². The zero-order chi connectivity index (χ0) is 11.5. The van der Waals surface area contributed by atoms with Crippen molar-refractivity contribution in [3.05, 3.63) is 15.6 Å². The number of hydrogen-bond donors (Lipinski definition) is 1. The van der Waals surface area contributed by atoms with Crippen LogP contribution >= 0.6 is 11.3 Å². The van der Waals surface area contributed by atoms with Gasteiger partial charge in [-0.2, -0.15) is 0 Å². The lowest BCUT2D eigenvalue weighted by atomic mass is 10.1. The molecule has 1 fully saturated rings. The third kappa shape index (κ3) is 3.05. The molecular formula is C13H22N2S. The Hall–Kier alpha value is -0.410. The molecular weight excluding hydrogens is 216 g/mol. The third-order valence-electron chi connectivity index (χ3n) is 3.32. The summed E-state index contributed by atoms with van der Waals surface area (Å²) in [4.78, 5) is 5.95. The van der Waals surface area contributed by atoms with Gasteiger partial charge in [-0.25, -0.2) is 4.98 Å². The average molecular weight is 238 g/mol. The topological polar surface area (TPSA) is 24.9 Å². The summed E-state index contributed by atoms with van der Waals surface area (Å²) in [6, 6.07) is 0.728. The van der Waals surface area contributed by atoms with Crippen LogP contribution in [0.25, 0.3) is 0 Å². The molecule has 1 aromatic rings. The van der Waals surface area contributed by atoms with Crippen molar-refractivity contribution in [1.82, 2.24) is 10.3 Å². The molecule has 0 radical (unpaired) electrons. The molecule has 3 heteroatoms. The van der Waals surface area contributed by atoms with E-state index in [9.17, 15) is 0 Å². The lowest BCUT2D eigenvalue weighted by Gasteiger charge is -2.16. The first kappa shape index (κ1) is 12.1. The summed E-state index contributed by atoms with van der Waals surface area (Å²) >= 11 is 1.81. The van der Waals surface area contributed by atoms with Gasteiger partial charge >= 0.3 is 0 Å². The number of aromatic nitrogens is 1. The monoisotopic (exact) mass is 238 g/mol. The van der Waals surface area contributed by atoms with Crippen molar-refractivity contribution in [2.45, 2.75) is 59.0 Å². The molecule has 0 aliphatic heterocycles. The smallest absolute Gasteiger partial charge is 0.0900 e. The lowest BCUT2D eigenvalue weighted by Crippen LogP contribution is -2.30. The van der Waals surface area contributed by atoms with E-state index >= 15 is 0 Å². The zero-order valence-corrected chi connectivity index (χ0v) is 11.4. The molecule has 1 saturated carbocycles. The van der Waals surface area contributed by atoms with Gasteiger partial charge in [0.1, 0.15) is 0 Å². The second-order valence-corrected chi connectivity index (χ2v) is 6.26. The third-order valence-corrected chi connectivity index (χ3v) is 4.25. The van der Waals surface area contributed by atoms with Gasteiger partial charge in [0.15, 0.2) is 0 Å². The Labute approximate surface area is 102 Å². The van der Waals surface area contributed by atoms with E-state index < -0.39 is 0 Å². The van der Waals surface area contributed by atoms with Gasteiger partial charge in [0.05, 0.1) is 10.7 Å².